The molecule has 0 aromatic heterocycles. The van der Waals surface area contributed by atoms with Crippen molar-refractivity contribution in [1.29, 1.82) is 0 Å². The highest BCUT2D eigenvalue weighted by atomic mass is 79.9. The fourth-order valence-corrected chi connectivity index (χ4v) is 1.40. The summed E-state index contributed by atoms with van der Waals surface area (Å²) in [7, 11) is 0. The van der Waals surface area contributed by atoms with Crippen LogP contribution >= 0.6 is 27.5 Å². The Morgan fingerprint density at radius 1 is 0.938 bits per heavy atom. The van der Waals surface area contributed by atoms with Crippen molar-refractivity contribution in [1.82, 2.24) is 0 Å². The van der Waals surface area contributed by atoms with Crippen LogP contribution in [0.4, 0.5) is 0 Å². The summed E-state index contributed by atoms with van der Waals surface area (Å²) < 4.78 is 0.736. The van der Waals surface area contributed by atoms with Crippen molar-refractivity contribution in [3.63, 3.8) is 0 Å². The maximum absolute atomic E-state index is 8.87. The monoisotopic (exact) mass is 300 g/mol. The van der Waals surface area contributed by atoms with E-state index in [-0.39, 0.29) is 11.5 Å². The van der Waals surface area contributed by atoms with Crippen LogP contribution in [0.2, 0.25) is 5.02 Å². The summed E-state index contributed by atoms with van der Waals surface area (Å²) >= 11 is 8.63. The summed E-state index contributed by atoms with van der Waals surface area (Å²) in [5.74, 6) is 0.491. The van der Waals surface area contributed by atoms with Crippen LogP contribution in [-0.2, 0) is 0 Å². The van der Waals surface area contributed by atoms with Gasteiger partial charge in [-0.15, -0.1) is 0 Å². The minimum Gasteiger partial charge on any atom is -0.508 e. The molecular formula is C12H10BrClO2. The maximum atomic E-state index is 8.87. The summed E-state index contributed by atoms with van der Waals surface area (Å²) in [4.78, 5) is 0. The van der Waals surface area contributed by atoms with Gasteiger partial charge in [-0.25, -0.2) is 0 Å². The Kier molecular flexibility index (Phi) is 5.15. The Morgan fingerprint density at radius 2 is 1.62 bits per heavy atom. The van der Waals surface area contributed by atoms with Crippen molar-refractivity contribution >= 4 is 27.5 Å². The van der Waals surface area contributed by atoms with E-state index in [0.717, 1.165) is 4.47 Å². The molecule has 2 aromatic carbocycles. The zero-order valence-electron chi connectivity index (χ0n) is 8.27. The number of para-hydroxylation sites is 1. The van der Waals surface area contributed by atoms with Gasteiger partial charge in [-0.1, -0.05) is 29.8 Å². The van der Waals surface area contributed by atoms with E-state index in [1.165, 1.54) is 6.07 Å². The quantitative estimate of drug-likeness (QED) is 0.765. The Labute approximate surface area is 107 Å². The lowest BCUT2D eigenvalue weighted by Gasteiger charge is -1.90. The van der Waals surface area contributed by atoms with Gasteiger partial charge < -0.3 is 10.2 Å². The van der Waals surface area contributed by atoms with Crippen molar-refractivity contribution < 1.29 is 10.2 Å². The average Bonchev–Trinajstić information content (AvgIpc) is 2.23. The highest BCUT2D eigenvalue weighted by Crippen LogP contribution is 2.21. The van der Waals surface area contributed by atoms with E-state index in [1.54, 1.807) is 36.4 Å². The molecule has 0 atom stereocenters. The summed E-state index contributed by atoms with van der Waals surface area (Å²) in [5.41, 5.74) is 0. The topological polar surface area (TPSA) is 40.5 Å². The summed E-state index contributed by atoms with van der Waals surface area (Å²) in [6, 6.07) is 13.5. The van der Waals surface area contributed by atoms with Gasteiger partial charge in [0, 0.05) is 5.02 Å². The number of halogens is 2. The zero-order chi connectivity index (χ0) is 12.0. The molecule has 0 aliphatic carbocycles. The first-order valence-corrected chi connectivity index (χ1v) is 5.64. The third-order valence-electron chi connectivity index (χ3n) is 1.66. The Bertz CT molecular complexity index is 422. The maximum Gasteiger partial charge on any atom is 0.129 e. The largest absolute Gasteiger partial charge is 0.508 e. The first-order valence-electron chi connectivity index (χ1n) is 4.47. The second-order valence-electron chi connectivity index (χ2n) is 2.93. The van der Waals surface area contributed by atoms with Gasteiger partial charge >= 0.3 is 0 Å². The molecule has 0 fully saturated rings. The van der Waals surface area contributed by atoms with Crippen LogP contribution in [0.25, 0.3) is 0 Å². The van der Waals surface area contributed by atoms with Crippen LogP contribution in [-0.4, -0.2) is 10.2 Å². The van der Waals surface area contributed by atoms with Crippen LogP contribution in [0.1, 0.15) is 0 Å². The van der Waals surface area contributed by atoms with Gasteiger partial charge in [-0.2, -0.15) is 0 Å². The molecule has 16 heavy (non-hydrogen) atoms. The molecule has 0 bridgehead atoms. The van der Waals surface area contributed by atoms with Crippen LogP contribution in [0.15, 0.2) is 53.0 Å². The zero-order valence-corrected chi connectivity index (χ0v) is 10.6. The third-order valence-corrected chi connectivity index (χ3v) is 2.57. The van der Waals surface area contributed by atoms with E-state index in [1.807, 2.05) is 6.07 Å². The molecule has 0 aliphatic heterocycles. The van der Waals surface area contributed by atoms with Gasteiger partial charge in [-0.3, -0.25) is 0 Å². The van der Waals surface area contributed by atoms with E-state index in [0.29, 0.717) is 5.02 Å². The average molecular weight is 302 g/mol. The first kappa shape index (κ1) is 12.9. The molecule has 0 amide bonds. The number of benzene rings is 2. The lowest BCUT2D eigenvalue weighted by atomic mass is 10.3. The molecule has 2 aromatic rings. The second kappa shape index (κ2) is 6.40. The molecule has 0 radical (unpaired) electrons. The summed E-state index contributed by atoms with van der Waals surface area (Å²) in [5, 5.41) is 18.2. The van der Waals surface area contributed by atoms with E-state index >= 15 is 0 Å². The molecule has 2 nitrogen and oxygen atoms in total. The van der Waals surface area contributed by atoms with E-state index in [4.69, 9.17) is 21.8 Å². The standard InChI is InChI=1S/C6H5BrO.C6H5ClO/c7-5-3-1-2-4-6(5)8;7-5-2-1-3-6(8)4-5/h2*1-4,8H. The van der Waals surface area contributed by atoms with Gasteiger partial charge in [0.2, 0.25) is 0 Å². The molecule has 0 saturated carbocycles. The number of hydrogen-bond acceptors (Lipinski definition) is 2. The molecule has 0 spiro atoms. The predicted molar refractivity (Wildman–Crippen MR) is 68.9 cm³/mol. The van der Waals surface area contributed by atoms with Gasteiger partial charge in [0.15, 0.2) is 0 Å². The highest BCUT2D eigenvalue weighted by molar-refractivity contribution is 9.10. The van der Waals surface area contributed by atoms with Crippen LogP contribution in [0, 0.1) is 0 Å². The number of hydrogen-bond donors (Lipinski definition) is 2. The molecule has 2 rings (SSSR count). The van der Waals surface area contributed by atoms with Crippen molar-refractivity contribution in [2.75, 3.05) is 0 Å². The Morgan fingerprint density at radius 3 is 2.00 bits per heavy atom. The van der Waals surface area contributed by atoms with Crippen molar-refractivity contribution in [3.8, 4) is 11.5 Å². The van der Waals surface area contributed by atoms with Crippen LogP contribution in [0.5, 0.6) is 11.5 Å². The summed E-state index contributed by atoms with van der Waals surface area (Å²) in [6.07, 6.45) is 0. The minimum absolute atomic E-state index is 0.206. The van der Waals surface area contributed by atoms with E-state index in [9.17, 15) is 0 Å². The Balaban J connectivity index is 0.000000160. The van der Waals surface area contributed by atoms with E-state index < -0.39 is 0 Å². The summed E-state index contributed by atoms with van der Waals surface area (Å²) in [6.45, 7) is 0. The Hall–Kier alpha value is -1.19. The lowest BCUT2D eigenvalue weighted by molar-refractivity contribution is 0.472. The molecule has 0 unspecified atom stereocenters. The number of rotatable bonds is 0. The fourth-order valence-electron chi connectivity index (χ4n) is 0.928. The van der Waals surface area contributed by atoms with Gasteiger partial charge in [0.1, 0.15) is 11.5 Å². The number of phenolic OH excluding ortho intramolecular Hbond substituents is 2. The smallest absolute Gasteiger partial charge is 0.129 e. The van der Waals surface area contributed by atoms with Gasteiger partial charge in [-0.05, 0) is 46.3 Å². The second-order valence-corrected chi connectivity index (χ2v) is 4.22. The first-order chi connectivity index (χ1) is 7.59. The molecule has 84 valence electrons. The minimum atomic E-state index is 0.206. The number of aromatic hydroxyl groups is 2. The number of phenols is 2. The molecule has 0 saturated heterocycles. The van der Waals surface area contributed by atoms with Crippen molar-refractivity contribution in [3.05, 3.63) is 58.0 Å². The van der Waals surface area contributed by atoms with Crippen LogP contribution in [0.3, 0.4) is 0 Å². The molecule has 2 N–H and O–H groups in total. The normalized spacial score (nSPS) is 9.12. The van der Waals surface area contributed by atoms with Crippen molar-refractivity contribution in [2.24, 2.45) is 0 Å². The highest BCUT2D eigenvalue weighted by Gasteiger charge is 1.89. The fraction of sp³-hybridized carbons (Fsp3) is 0. The SMILES string of the molecule is Oc1cccc(Cl)c1.Oc1ccccc1Br. The molecular weight excluding hydrogens is 291 g/mol. The van der Waals surface area contributed by atoms with Gasteiger partial charge in [0.05, 0.1) is 4.47 Å². The predicted octanol–water partition coefficient (Wildman–Crippen LogP) is 4.20. The molecule has 0 heterocycles. The molecule has 4 heteroatoms. The van der Waals surface area contributed by atoms with E-state index in [2.05, 4.69) is 15.9 Å². The molecule has 0 aliphatic rings. The van der Waals surface area contributed by atoms with Crippen LogP contribution < -0.4 is 0 Å². The van der Waals surface area contributed by atoms with Crippen molar-refractivity contribution in [2.45, 2.75) is 0 Å². The van der Waals surface area contributed by atoms with Gasteiger partial charge in [0.25, 0.3) is 0 Å². The third kappa shape index (κ3) is 4.55. The lowest BCUT2D eigenvalue weighted by Crippen LogP contribution is -1.63.